The van der Waals surface area contributed by atoms with Crippen molar-refractivity contribution in [1.82, 2.24) is 0 Å². The lowest BCUT2D eigenvalue weighted by molar-refractivity contribution is 0.426. The van der Waals surface area contributed by atoms with E-state index in [2.05, 4.69) is 0 Å². The molecule has 0 radical (unpaired) electrons. The highest BCUT2D eigenvalue weighted by molar-refractivity contribution is 6.60. The summed E-state index contributed by atoms with van der Waals surface area (Å²) >= 11 is 5.85. The van der Waals surface area contributed by atoms with Crippen molar-refractivity contribution in [2.75, 3.05) is 0 Å². The molecule has 2 aromatic carbocycles. The summed E-state index contributed by atoms with van der Waals surface area (Å²) < 4.78 is 13.1. The molecule has 0 unspecified atom stereocenters. The van der Waals surface area contributed by atoms with Crippen LogP contribution in [0.1, 0.15) is 0 Å². The van der Waals surface area contributed by atoms with Gasteiger partial charge in [0.25, 0.3) is 0 Å². The smallest absolute Gasteiger partial charge is 0.423 e. The Kier molecular flexibility index (Phi) is 3.47. The van der Waals surface area contributed by atoms with Crippen LogP contribution < -0.4 is 5.46 Å². The van der Waals surface area contributed by atoms with Gasteiger partial charge in [0, 0.05) is 5.02 Å². The Bertz CT molecular complexity index is 546. The quantitative estimate of drug-likeness (QED) is 0.798. The topological polar surface area (TPSA) is 40.5 Å². The van der Waals surface area contributed by atoms with Crippen LogP contribution in [0.4, 0.5) is 4.39 Å². The van der Waals surface area contributed by atoms with Crippen molar-refractivity contribution >= 4 is 24.2 Å². The van der Waals surface area contributed by atoms with Crippen LogP contribution in [-0.4, -0.2) is 17.2 Å². The molecular weight excluding hydrogens is 241 g/mol. The Morgan fingerprint density at radius 2 is 1.82 bits per heavy atom. The average molecular weight is 250 g/mol. The van der Waals surface area contributed by atoms with E-state index in [1.807, 2.05) is 0 Å². The fourth-order valence-electron chi connectivity index (χ4n) is 1.66. The number of halogens is 2. The predicted molar refractivity (Wildman–Crippen MR) is 66.7 cm³/mol. The maximum Gasteiger partial charge on any atom is 0.489 e. The molecule has 2 rings (SSSR count). The lowest BCUT2D eigenvalue weighted by atomic mass is 9.75. The largest absolute Gasteiger partial charge is 0.489 e. The summed E-state index contributed by atoms with van der Waals surface area (Å²) in [5, 5.41) is 18.9. The van der Waals surface area contributed by atoms with Gasteiger partial charge in [-0.1, -0.05) is 29.8 Å². The normalized spacial score (nSPS) is 10.4. The molecule has 0 spiro atoms. The van der Waals surface area contributed by atoms with Crippen molar-refractivity contribution in [1.29, 1.82) is 0 Å². The molecule has 0 aliphatic heterocycles. The Labute approximate surface area is 103 Å². The van der Waals surface area contributed by atoms with Gasteiger partial charge in [0.15, 0.2) is 0 Å². The fraction of sp³-hybridized carbons (Fsp3) is 0. The summed E-state index contributed by atoms with van der Waals surface area (Å²) in [7, 11) is -1.62. The number of hydrogen-bond donors (Lipinski definition) is 2. The molecule has 0 atom stereocenters. The molecule has 0 aliphatic rings. The van der Waals surface area contributed by atoms with Gasteiger partial charge in [-0.15, -0.1) is 0 Å². The molecule has 2 nitrogen and oxygen atoms in total. The minimum atomic E-state index is -1.62. The first-order valence-electron chi connectivity index (χ1n) is 4.99. The molecule has 0 heterocycles. The minimum absolute atomic E-state index is 0.292. The summed E-state index contributed by atoms with van der Waals surface area (Å²) in [6.07, 6.45) is 0. The number of benzene rings is 2. The Hall–Kier alpha value is -1.36. The standard InChI is InChI=1S/C12H9BClFO2/c14-9-4-5-12(13(16)17)11(7-9)8-2-1-3-10(15)6-8/h1-7,16-17H. The van der Waals surface area contributed by atoms with Crippen molar-refractivity contribution in [2.45, 2.75) is 0 Å². The zero-order chi connectivity index (χ0) is 12.4. The van der Waals surface area contributed by atoms with Crippen LogP contribution in [0.15, 0.2) is 42.5 Å². The molecule has 0 saturated heterocycles. The molecule has 0 aliphatic carbocycles. The highest BCUT2D eigenvalue weighted by Crippen LogP contribution is 2.22. The molecule has 0 amide bonds. The van der Waals surface area contributed by atoms with E-state index in [-0.39, 0.29) is 5.82 Å². The summed E-state index contributed by atoms with van der Waals surface area (Å²) in [5.74, 6) is -0.388. The van der Waals surface area contributed by atoms with Crippen molar-refractivity contribution < 1.29 is 14.4 Å². The Morgan fingerprint density at radius 3 is 2.47 bits per heavy atom. The summed E-state index contributed by atoms with van der Waals surface area (Å²) in [4.78, 5) is 0. The van der Waals surface area contributed by atoms with Crippen LogP contribution in [0.5, 0.6) is 0 Å². The van der Waals surface area contributed by atoms with Gasteiger partial charge in [-0.2, -0.15) is 0 Å². The lowest BCUT2D eigenvalue weighted by Crippen LogP contribution is -2.31. The highest BCUT2D eigenvalue weighted by Gasteiger charge is 2.17. The minimum Gasteiger partial charge on any atom is -0.423 e. The Morgan fingerprint density at radius 1 is 1.06 bits per heavy atom. The monoisotopic (exact) mass is 250 g/mol. The first-order chi connectivity index (χ1) is 8.08. The third-order valence-corrected chi connectivity index (χ3v) is 2.66. The maximum absolute atomic E-state index is 13.1. The van der Waals surface area contributed by atoms with Gasteiger partial charge in [-0.3, -0.25) is 0 Å². The summed E-state index contributed by atoms with van der Waals surface area (Å²) in [6, 6.07) is 10.5. The average Bonchev–Trinajstić information content (AvgIpc) is 2.28. The second kappa shape index (κ2) is 4.88. The zero-order valence-corrected chi connectivity index (χ0v) is 9.53. The van der Waals surface area contributed by atoms with Crippen LogP contribution in [0.25, 0.3) is 11.1 Å². The van der Waals surface area contributed by atoms with E-state index in [0.29, 0.717) is 21.6 Å². The van der Waals surface area contributed by atoms with Gasteiger partial charge in [-0.25, -0.2) is 4.39 Å². The van der Waals surface area contributed by atoms with E-state index in [1.165, 1.54) is 18.2 Å². The molecule has 5 heteroatoms. The van der Waals surface area contributed by atoms with Crippen LogP contribution in [0.2, 0.25) is 5.02 Å². The molecule has 0 saturated carbocycles. The molecule has 2 aromatic rings. The molecule has 2 N–H and O–H groups in total. The van der Waals surface area contributed by atoms with E-state index in [1.54, 1.807) is 24.3 Å². The van der Waals surface area contributed by atoms with Crippen molar-refractivity contribution in [3.8, 4) is 11.1 Å². The summed E-state index contributed by atoms with van der Waals surface area (Å²) in [5.41, 5.74) is 1.35. The van der Waals surface area contributed by atoms with Gasteiger partial charge in [0.2, 0.25) is 0 Å². The summed E-state index contributed by atoms with van der Waals surface area (Å²) in [6.45, 7) is 0. The van der Waals surface area contributed by atoms with Crippen molar-refractivity contribution in [3.05, 3.63) is 53.3 Å². The van der Waals surface area contributed by atoms with Crippen molar-refractivity contribution in [3.63, 3.8) is 0 Å². The van der Waals surface area contributed by atoms with E-state index >= 15 is 0 Å². The lowest BCUT2D eigenvalue weighted by Gasteiger charge is -2.09. The third kappa shape index (κ3) is 2.66. The molecule has 0 fully saturated rings. The van der Waals surface area contributed by atoms with E-state index in [4.69, 9.17) is 11.6 Å². The number of hydrogen-bond acceptors (Lipinski definition) is 2. The van der Waals surface area contributed by atoms with Gasteiger partial charge in [0.05, 0.1) is 0 Å². The third-order valence-electron chi connectivity index (χ3n) is 2.43. The van der Waals surface area contributed by atoms with E-state index < -0.39 is 7.12 Å². The number of rotatable bonds is 2. The second-order valence-electron chi connectivity index (χ2n) is 3.62. The zero-order valence-electron chi connectivity index (χ0n) is 8.77. The Balaban J connectivity index is 2.61. The van der Waals surface area contributed by atoms with Crippen LogP contribution in [-0.2, 0) is 0 Å². The second-order valence-corrected chi connectivity index (χ2v) is 4.05. The van der Waals surface area contributed by atoms with E-state index in [9.17, 15) is 14.4 Å². The molecular formula is C12H9BClFO2. The predicted octanol–water partition coefficient (Wildman–Crippen LogP) is 1.83. The SMILES string of the molecule is OB(O)c1ccc(Cl)cc1-c1cccc(F)c1. The van der Waals surface area contributed by atoms with Gasteiger partial charge in [-0.05, 0) is 40.9 Å². The first-order valence-corrected chi connectivity index (χ1v) is 5.37. The van der Waals surface area contributed by atoms with Crippen molar-refractivity contribution in [2.24, 2.45) is 0 Å². The molecule has 0 bridgehead atoms. The van der Waals surface area contributed by atoms with Gasteiger partial charge >= 0.3 is 7.12 Å². The first kappa shape index (κ1) is 12.1. The van der Waals surface area contributed by atoms with Gasteiger partial charge < -0.3 is 10.0 Å². The molecule has 17 heavy (non-hydrogen) atoms. The van der Waals surface area contributed by atoms with Crippen LogP contribution in [0.3, 0.4) is 0 Å². The van der Waals surface area contributed by atoms with Crippen LogP contribution >= 0.6 is 11.6 Å². The maximum atomic E-state index is 13.1. The highest BCUT2D eigenvalue weighted by atomic mass is 35.5. The fourth-order valence-corrected chi connectivity index (χ4v) is 1.83. The van der Waals surface area contributed by atoms with Gasteiger partial charge in [0.1, 0.15) is 5.82 Å². The molecule has 0 aromatic heterocycles. The van der Waals surface area contributed by atoms with E-state index in [0.717, 1.165) is 0 Å². The van der Waals surface area contributed by atoms with Crippen LogP contribution in [0, 0.1) is 5.82 Å². The molecule has 86 valence electrons.